The Morgan fingerprint density at radius 3 is 3.19 bits per heavy atom. The van der Waals surface area contributed by atoms with Crippen LogP contribution in [0.15, 0.2) is 28.7 Å². The molecule has 0 amide bonds. The topological polar surface area (TPSA) is 47.3 Å². The van der Waals surface area contributed by atoms with E-state index in [1.54, 1.807) is 0 Å². The van der Waals surface area contributed by atoms with Gasteiger partial charge in [-0.05, 0) is 25.1 Å². The van der Waals surface area contributed by atoms with Crippen LogP contribution in [-0.4, -0.2) is 24.7 Å². The smallest absolute Gasteiger partial charge is 0.394 e. The van der Waals surface area contributed by atoms with Crippen molar-refractivity contribution in [3.63, 3.8) is 0 Å². The lowest BCUT2D eigenvalue weighted by Gasteiger charge is -2.06. The molecule has 1 aromatic heterocycles. The molecule has 4 heteroatoms. The first-order valence-corrected chi connectivity index (χ1v) is 5.61. The molecule has 1 fully saturated rings. The Bertz CT molecular complexity index is 442. The molecular weight excluding hydrogens is 204 g/mol. The standard InChI is InChI=1S/C12H14N2O2/c1-2-4-11-10(3-1)14-12(16-11)15-8-9-5-6-13-7-9/h1-4,9,13H,5-8H2/t9-/m0/s1. The molecule has 0 unspecified atom stereocenters. The summed E-state index contributed by atoms with van der Waals surface area (Å²) in [6, 6.07) is 7.68. The van der Waals surface area contributed by atoms with Crippen molar-refractivity contribution in [1.82, 2.24) is 10.3 Å². The predicted molar refractivity (Wildman–Crippen MR) is 60.5 cm³/mol. The van der Waals surface area contributed by atoms with Gasteiger partial charge in [-0.15, -0.1) is 0 Å². The number of ether oxygens (including phenoxy) is 1. The van der Waals surface area contributed by atoms with E-state index in [0.29, 0.717) is 18.6 Å². The van der Waals surface area contributed by atoms with Crippen molar-refractivity contribution in [2.24, 2.45) is 5.92 Å². The molecule has 1 aromatic carbocycles. The third-order valence-corrected chi connectivity index (χ3v) is 2.88. The van der Waals surface area contributed by atoms with Gasteiger partial charge in [0, 0.05) is 12.5 Å². The Kier molecular flexibility index (Phi) is 2.50. The van der Waals surface area contributed by atoms with Gasteiger partial charge >= 0.3 is 6.08 Å². The molecule has 0 spiro atoms. The van der Waals surface area contributed by atoms with E-state index in [-0.39, 0.29) is 0 Å². The van der Waals surface area contributed by atoms with Crippen molar-refractivity contribution in [2.45, 2.75) is 6.42 Å². The molecule has 16 heavy (non-hydrogen) atoms. The monoisotopic (exact) mass is 218 g/mol. The molecule has 1 atom stereocenters. The highest BCUT2D eigenvalue weighted by atomic mass is 16.6. The van der Waals surface area contributed by atoms with Crippen molar-refractivity contribution in [3.8, 4) is 6.08 Å². The molecule has 3 rings (SSSR count). The van der Waals surface area contributed by atoms with Crippen LogP contribution in [0, 0.1) is 5.92 Å². The highest BCUT2D eigenvalue weighted by Crippen LogP contribution is 2.20. The number of nitrogens with one attached hydrogen (secondary N) is 1. The Labute approximate surface area is 93.6 Å². The zero-order valence-corrected chi connectivity index (χ0v) is 8.98. The van der Waals surface area contributed by atoms with Crippen molar-refractivity contribution >= 4 is 11.1 Å². The molecule has 0 saturated carbocycles. The van der Waals surface area contributed by atoms with E-state index in [4.69, 9.17) is 9.15 Å². The fraction of sp³-hybridized carbons (Fsp3) is 0.417. The van der Waals surface area contributed by atoms with E-state index in [1.165, 1.54) is 6.42 Å². The van der Waals surface area contributed by atoms with Crippen LogP contribution < -0.4 is 10.1 Å². The van der Waals surface area contributed by atoms with Crippen LogP contribution in [0.3, 0.4) is 0 Å². The van der Waals surface area contributed by atoms with E-state index >= 15 is 0 Å². The summed E-state index contributed by atoms with van der Waals surface area (Å²) < 4.78 is 11.0. The van der Waals surface area contributed by atoms with Crippen LogP contribution in [0.1, 0.15) is 6.42 Å². The SMILES string of the molecule is c1ccc2oc(OC[C@H]3CCNC3)nc2c1. The number of nitrogens with zero attached hydrogens (tertiary/aromatic N) is 1. The summed E-state index contributed by atoms with van der Waals surface area (Å²) in [5.41, 5.74) is 1.63. The van der Waals surface area contributed by atoms with Crippen molar-refractivity contribution < 1.29 is 9.15 Å². The van der Waals surface area contributed by atoms with Gasteiger partial charge in [0.2, 0.25) is 0 Å². The summed E-state index contributed by atoms with van der Waals surface area (Å²) >= 11 is 0. The van der Waals surface area contributed by atoms with Crippen molar-refractivity contribution in [1.29, 1.82) is 0 Å². The van der Waals surface area contributed by atoms with E-state index in [1.807, 2.05) is 24.3 Å². The molecule has 1 N–H and O–H groups in total. The van der Waals surface area contributed by atoms with Crippen LogP contribution in [0.2, 0.25) is 0 Å². The minimum absolute atomic E-state index is 0.383. The highest BCUT2D eigenvalue weighted by Gasteiger charge is 2.16. The average Bonchev–Trinajstić information content (AvgIpc) is 2.95. The number of oxazole rings is 1. The Morgan fingerprint density at radius 2 is 2.38 bits per heavy atom. The quantitative estimate of drug-likeness (QED) is 0.853. The van der Waals surface area contributed by atoms with Crippen LogP contribution in [0.25, 0.3) is 11.1 Å². The third-order valence-electron chi connectivity index (χ3n) is 2.88. The molecular formula is C12H14N2O2. The second kappa shape index (κ2) is 4.14. The minimum atomic E-state index is 0.383. The maximum Gasteiger partial charge on any atom is 0.394 e. The van der Waals surface area contributed by atoms with Crippen LogP contribution in [0.4, 0.5) is 0 Å². The maximum atomic E-state index is 5.56. The van der Waals surface area contributed by atoms with Crippen molar-refractivity contribution in [3.05, 3.63) is 24.3 Å². The number of hydrogen-bond acceptors (Lipinski definition) is 4. The summed E-state index contributed by atoms with van der Waals surface area (Å²) in [6.07, 6.45) is 1.55. The number of para-hydroxylation sites is 2. The number of aromatic nitrogens is 1. The lowest BCUT2D eigenvalue weighted by atomic mass is 10.1. The number of rotatable bonds is 3. The molecule has 4 nitrogen and oxygen atoms in total. The van der Waals surface area contributed by atoms with E-state index in [9.17, 15) is 0 Å². The first-order chi connectivity index (χ1) is 7.92. The molecule has 2 heterocycles. The van der Waals surface area contributed by atoms with Gasteiger partial charge in [0.05, 0.1) is 6.61 Å². The summed E-state index contributed by atoms with van der Waals surface area (Å²) in [5.74, 6) is 0.579. The normalized spacial score (nSPS) is 20.4. The lowest BCUT2D eigenvalue weighted by molar-refractivity contribution is 0.200. The van der Waals surface area contributed by atoms with E-state index < -0.39 is 0 Å². The first-order valence-electron chi connectivity index (χ1n) is 5.61. The number of hydrogen-bond donors (Lipinski definition) is 1. The van der Waals surface area contributed by atoms with Crippen LogP contribution >= 0.6 is 0 Å². The fourth-order valence-electron chi connectivity index (χ4n) is 1.96. The van der Waals surface area contributed by atoms with Gasteiger partial charge in [-0.3, -0.25) is 0 Å². The summed E-state index contributed by atoms with van der Waals surface area (Å²) in [7, 11) is 0. The Morgan fingerprint density at radius 1 is 1.44 bits per heavy atom. The van der Waals surface area contributed by atoms with Crippen LogP contribution in [0.5, 0.6) is 6.08 Å². The van der Waals surface area contributed by atoms with Gasteiger partial charge in [0.25, 0.3) is 0 Å². The molecule has 84 valence electrons. The van der Waals surface area contributed by atoms with Crippen LogP contribution in [-0.2, 0) is 0 Å². The van der Waals surface area contributed by atoms with Gasteiger partial charge in [0.1, 0.15) is 5.52 Å². The molecule has 1 aliphatic heterocycles. The molecule has 0 aliphatic carbocycles. The highest BCUT2D eigenvalue weighted by molar-refractivity contribution is 5.72. The fourth-order valence-corrected chi connectivity index (χ4v) is 1.96. The maximum absolute atomic E-state index is 5.56. The molecule has 0 radical (unpaired) electrons. The van der Waals surface area contributed by atoms with Gasteiger partial charge in [0.15, 0.2) is 5.58 Å². The lowest BCUT2D eigenvalue weighted by Crippen LogP contribution is -2.15. The Balaban J connectivity index is 1.69. The third kappa shape index (κ3) is 1.88. The first kappa shape index (κ1) is 9.66. The average molecular weight is 218 g/mol. The molecule has 2 aromatic rings. The zero-order valence-electron chi connectivity index (χ0n) is 8.98. The molecule has 0 bridgehead atoms. The number of fused-ring (bicyclic) bond motifs is 1. The van der Waals surface area contributed by atoms with E-state index in [2.05, 4.69) is 10.3 Å². The zero-order chi connectivity index (χ0) is 10.8. The number of benzene rings is 1. The summed E-state index contributed by atoms with van der Waals surface area (Å²) in [6.45, 7) is 2.79. The Hall–Kier alpha value is -1.55. The summed E-state index contributed by atoms with van der Waals surface area (Å²) in [4.78, 5) is 4.26. The van der Waals surface area contributed by atoms with Gasteiger partial charge in [-0.1, -0.05) is 12.1 Å². The minimum Gasteiger partial charge on any atom is -0.450 e. The van der Waals surface area contributed by atoms with E-state index in [0.717, 1.165) is 24.2 Å². The second-order valence-corrected chi connectivity index (χ2v) is 4.12. The second-order valence-electron chi connectivity index (χ2n) is 4.12. The van der Waals surface area contributed by atoms with Crippen molar-refractivity contribution in [2.75, 3.05) is 19.7 Å². The molecule has 1 saturated heterocycles. The van der Waals surface area contributed by atoms with Gasteiger partial charge in [-0.2, -0.15) is 4.98 Å². The summed E-state index contributed by atoms with van der Waals surface area (Å²) in [5, 5.41) is 3.30. The molecule has 1 aliphatic rings. The van der Waals surface area contributed by atoms with Gasteiger partial charge in [-0.25, -0.2) is 0 Å². The predicted octanol–water partition coefficient (Wildman–Crippen LogP) is 1.82. The largest absolute Gasteiger partial charge is 0.450 e. The van der Waals surface area contributed by atoms with Gasteiger partial charge < -0.3 is 14.5 Å².